The Balaban J connectivity index is 2.95. The molecule has 0 aliphatic rings. The van der Waals surface area contributed by atoms with Gasteiger partial charge in [-0.15, -0.1) is 0 Å². The quantitative estimate of drug-likeness (QED) is 0.438. The molecule has 1 nitrogen and oxygen atoms in total. The molecule has 0 bridgehead atoms. The Kier molecular flexibility index (Phi) is 12.0. The number of thiocarbonyl (C=S) groups is 1. The molecular weight excluding hydrogens is 308 g/mol. The maximum atomic E-state index is 5.06. The van der Waals surface area contributed by atoms with E-state index in [4.69, 9.17) is 12.2 Å². The van der Waals surface area contributed by atoms with Crippen molar-refractivity contribution in [1.82, 2.24) is 5.32 Å². The Hall–Kier alpha value is 1.06. The van der Waals surface area contributed by atoms with Crippen molar-refractivity contribution < 1.29 is 0 Å². The van der Waals surface area contributed by atoms with Gasteiger partial charge in [-0.3, -0.25) is 0 Å². The first kappa shape index (κ1) is 14.1. The van der Waals surface area contributed by atoms with Gasteiger partial charge >= 0.3 is 104 Å². The third-order valence-corrected chi connectivity index (χ3v) is 6.18. The van der Waals surface area contributed by atoms with E-state index in [0.717, 1.165) is 32.5 Å². The molecule has 0 heterocycles. The Labute approximate surface area is 104 Å². The van der Waals surface area contributed by atoms with Crippen molar-refractivity contribution >= 4 is 47.0 Å². The summed E-state index contributed by atoms with van der Waals surface area (Å²) in [6.07, 6.45) is 8.12. The summed E-state index contributed by atoms with van der Waals surface area (Å²) in [5.74, 6) is 0. The molecule has 1 N–H and O–H groups in total. The van der Waals surface area contributed by atoms with E-state index in [1.807, 2.05) is 0 Å². The average Bonchev–Trinajstić information content (AvgIpc) is 2.16. The van der Waals surface area contributed by atoms with Crippen LogP contribution in [-0.4, -0.2) is 32.5 Å². The van der Waals surface area contributed by atoms with Gasteiger partial charge in [0, 0.05) is 0 Å². The summed E-state index contributed by atoms with van der Waals surface area (Å²) in [5.41, 5.74) is 0. The Morgan fingerprint density at radius 2 is 1.85 bits per heavy atom. The van der Waals surface area contributed by atoms with Crippen LogP contribution in [0.25, 0.3) is 0 Å². The molecule has 0 amide bonds. The fraction of sp³-hybridized carbons (Fsp3) is 0.889. The van der Waals surface area contributed by atoms with Gasteiger partial charge in [-0.05, 0) is 0 Å². The van der Waals surface area contributed by atoms with Crippen LogP contribution in [0.15, 0.2) is 0 Å². The zero-order valence-corrected chi connectivity index (χ0v) is 13.3. The predicted octanol–water partition coefficient (Wildman–Crippen LogP) is 2.50. The van der Waals surface area contributed by atoms with Crippen LogP contribution in [0.3, 0.4) is 0 Å². The van der Waals surface area contributed by atoms with Crippen molar-refractivity contribution in [1.29, 1.82) is 0 Å². The van der Waals surface area contributed by atoms with Crippen LogP contribution in [0.1, 0.15) is 45.4 Å². The first-order valence-corrected chi connectivity index (χ1v) is 10.3. The molecule has 0 unspecified atom stereocenters. The van der Waals surface area contributed by atoms with Crippen LogP contribution < -0.4 is 5.32 Å². The van der Waals surface area contributed by atoms with E-state index in [-0.39, 0.29) is 0 Å². The second kappa shape index (κ2) is 11.1. The molecule has 4 heteroatoms. The minimum atomic E-state index is 0.982. The summed E-state index contributed by atoms with van der Waals surface area (Å²) in [7, 11) is 1.75. The van der Waals surface area contributed by atoms with Crippen LogP contribution in [0.2, 0.25) is 0 Å². The van der Waals surface area contributed by atoms with Crippen LogP contribution in [0, 0.1) is 0 Å². The number of hydrogen-bond donors (Lipinski definition) is 1. The van der Waals surface area contributed by atoms with Gasteiger partial charge in [-0.1, -0.05) is 0 Å². The fourth-order valence-corrected chi connectivity index (χ4v) is 2.14. The first-order valence-electron chi connectivity index (χ1n) is 4.95. The molecule has 0 radical (unpaired) electrons. The van der Waals surface area contributed by atoms with Crippen LogP contribution in [0.4, 0.5) is 0 Å². The van der Waals surface area contributed by atoms with Gasteiger partial charge in [0.25, 0.3) is 0 Å². The molecule has 0 aromatic carbocycles. The zero-order valence-electron chi connectivity index (χ0n) is 8.34. The van der Waals surface area contributed by atoms with E-state index >= 15 is 0 Å². The van der Waals surface area contributed by atoms with E-state index in [1.54, 1.807) is 8.85 Å². The summed E-state index contributed by atoms with van der Waals surface area (Å²) < 4.78 is 0.982. The van der Waals surface area contributed by atoms with Crippen molar-refractivity contribution in [2.75, 3.05) is 6.54 Å². The van der Waals surface area contributed by atoms with Crippen molar-refractivity contribution in [3.05, 3.63) is 0 Å². The zero-order chi connectivity index (χ0) is 9.94. The molecule has 78 valence electrons. The van der Waals surface area contributed by atoms with Crippen molar-refractivity contribution in [2.24, 2.45) is 0 Å². The van der Waals surface area contributed by atoms with Gasteiger partial charge in [0.05, 0.1) is 0 Å². The normalized spacial score (nSPS) is 10.0. The monoisotopic (exact) mass is 327 g/mol. The van der Waals surface area contributed by atoms with Gasteiger partial charge in [0.1, 0.15) is 0 Å². The first-order chi connectivity index (χ1) is 6.31. The van der Waals surface area contributed by atoms with Crippen LogP contribution >= 0.6 is 21.1 Å². The SMILES string of the molecule is CCCCCCCCNC(=S)[S][SbH2]. The third-order valence-electron chi connectivity index (χ3n) is 1.91. The number of unbranched alkanes of at least 4 members (excludes halogenated alkanes) is 5. The van der Waals surface area contributed by atoms with Crippen molar-refractivity contribution in [3.8, 4) is 0 Å². The van der Waals surface area contributed by atoms with E-state index in [0.29, 0.717) is 0 Å². The molecule has 0 atom stereocenters. The van der Waals surface area contributed by atoms with Gasteiger partial charge < -0.3 is 0 Å². The molecule has 0 aromatic rings. The maximum absolute atomic E-state index is 5.06. The summed E-state index contributed by atoms with van der Waals surface area (Å²) in [6.45, 7) is 3.32. The number of hydrogen-bond acceptors (Lipinski definition) is 2. The van der Waals surface area contributed by atoms with Gasteiger partial charge in [-0.2, -0.15) is 0 Å². The molecule has 13 heavy (non-hydrogen) atoms. The van der Waals surface area contributed by atoms with E-state index in [1.165, 1.54) is 38.5 Å². The van der Waals surface area contributed by atoms with E-state index in [9.17, 15) is 0 Å². The number of rotatable bonds is 7. The van der Waals surface area contributed by atoms with Crippen LogP contribution in [0.5, 0.6) is 0 Å². The van der Waals surface area contributed by atoms with Crippen LogP contribution in [-0.2, 0) is 0 Å². The molecule has 0 rings (SSSR count). The fourth-order valence-electron chi connectivity index (χ4n) is 1.14. The molecule has 0 aliphatic carbocycles. The van der Waals surface area contributed by atoms with Gasteiger partial charge in [0.15, 0.2) is 0 Å². The molecule has 0 aliphatic heterocycles. The topological polar surface area (TPSA) is 12.0 Å². The molecule has 0 saturated heterocycles. The third kappa shape index (κ3) is 11.0. The van der Waals surface area contributed by atoms with Crippen molar-refractivity contribution in [3.63, 3.8) is 0 Å². The Morgan fingerprint density at radius 3 is 2.46 bits per heavy atom. The summed E-state index contributed by atoms with van der Waals surface area (Å²) in [5, 5.41) is 3.25. The van der Waals surface area contributed by atoms with Gasteiger partial charge in [0.2, 0.25) is 0 Å². The summed E-state index contributed by atoms with van der Waals surface area (Å²) in [4.78, 5) is 0. The Morgan fingerprint density at radius 1 is 1.23 bits per heavy atom. The molecule has 0 saturated carbocycles. The molecular formula is C9H20NS2Sb. The Bertz CT molecular complexity index is 131. The van der Waals surface area contributed by atoms with E-state index < -0.39 is 0 Å². The number of nitrogens with one attached hydrogen (secondary N) is 1. The summed E-state index contributed by atoms with van der Waals surface area (Å²) >= 11 is 6.22. The second-order valence-corrected chi connectivity index (χ2v) is 6.43. The standard InChI is InChI=1S/C9H19NS2.Sb.2H/c1-2-3-4-5-6-7-8-10-9(11)12;;;/h2-8H2,1H3,(H2,10,11,12);;;/q;+1;;/p-1. The summed E-state index contributed by atoms with van der Waals surface area (Å²) in [6, 6.07) is 0. The van der Waals surface area contributed by atoms with Crippen molar-refractivity contribution in [2.45, 2.75) is 45.4 Å². The van der Waals surface area contributed by atoms with Gasteiger partial charge in [-0.25, -0.2) is 0 Å². The van der Waals surface area contributed by atoms with E-state index in [2.05, 4.69) is 12.2 Å². The average molecular weight is 328 g/mol. The predicted molar refractivity (Wildman–Crippen MR) is 70.1 cm³/mol. The second-order valence-electron chi connectivity index (χ2n) is 3.10. The minimum absolute atomic E-state index is 0.982. The molecule has 0 aromatic heterocycles. The molecule has 0 fully saturated rings. The molecule has 0 spiro atoms.